The predicted octanol–water partition coefficient (Wildman–Crippen LogP) is 4.76. The van der Waals surface area contributed by atoms with E-state index in [2.05, 4.69) is 71.1 Å². The minimum Gasteiger partial charge on any atom is -0.313 e. The molecule has 4 heteroatoms. The van der Waals surface area contributed by atoms with Gasteiger partial charge in [-0.05, 0) is 31.7 Å². The molecule has 0 aliphatic rings. The number of thiazole rings is 1. The van der Waals surface area contributed by atoms with Crippen molar-refractivity contribution in [1.82, 2.24) is 10.3 Å². The van der Waals surface area contributed by atoms with E-state index in [1.165, 1.54) is 5.56 Å². The monoisotopic (exact) mass is 323 g/mol. The second-order valence-corrected chi connectivity index (χ2v) is 6.31. The SMILES string of the molecule is CNC(C)c1csc(N(Cc2ccccc2)c2ccccc2)n1. The highest BCUT2D eigenvalue weighted by molar-refractivity contribution is 7.13. The number of anilines is 2. The third-order valence-electron chi connectivity index (χ3n) is 3.87. The van der Waals surface area contributed by atoms with Crippen molar-refractivity contribution in [3.8, 4) is 0 Å². The molecule has 0 aliphatic heterocycles. The minimum absolute atomic E-state index is 0.259. The molecular weight excluding hydrogens is 302 g/mol. The van der Waals surface area contributed by atoms with Gasteiger partial charge in [-0.1, -0.05) is 48.5 Å². The summed E-state index contributed by atoms with van der Waals surface area (Å²) in [6.45, 7) is 2.94. The maximum absolute atomic E-state index is 4.84. The van der Waals surface area contributed by atoms with Crippen LogP contribution in [0.5, 0.6) is 0 Å². The second-order valence-electron chi connectivity index (χ2n) is 5.47. The molecule has 1 heterocycles. The first-order valence-corrected chi connectivity index (χ1v) is 8.65. The van der Waals surface area contributed by atoms with Gasteiger partial charge in [-0.25, -0.2) is 4.98 Å². The molecule has 0 fully saturated rings. The summed E-state index contributed by atoms with van der Waals surface area (Å²) in [7, 11) is 1.96. The van der Waals surface area contributed by atoms with Crippen molar-refractivity contribution < 1.29 is 0 Å². The lowest BCUT2D eigenvalue weighted by Crippen LogP contribution is -2.17. The predicted molar refractivity (Wildman–Crippen MR) is 98.3 cm³/mol. The lowest BCUT2D eigenvalue weighted by molar-refractivity contribution is 0.636. The molecule has 1 unspecified atom stereocenters. The van der Waals surface area contributed by atoms with Crippen LogP contribution in [0.3, 0.4) is 0 Å². The van der Waals surface area contributed by atoms with E-state index in [4.69, 9.17) is 4.98 Å². The van der Waals surface area contributed by atoms with Crippen molar-refractivity contribution in [2.45, 2.75) is 19.5 Å². The summed E-state index contributed by atoms with van der Waals surface area (Å²) in [6.07, 6.45) is 0. The Morgan fingerprint density at radius 1 is 1.04 bits per heavy atom. The molecule has 0 radical (unpaired) electrons. The van der Waals surface area contributed by atoms with Crippen LogP contribution < -0.4 is 10.2 Å². The summed E-state index contributed by atoms with van der Waals surface area (Å²) >= 11 is 1.69. The summed E-state index contributed by atoms with van der Waals surface area (Å²) < 4.78 is 0. The average molecular weight is 323 g/mol. The van der Waals surface area contributed by atoms with Gasteiger partial charge in [0.25, 0.3) is 0 Å². The Kier molecular flexibility index (Phi) is 5.05. The number of hydrogen-bond donors (Lipinski definition) is 1. The van der Waals surface area contributed by atoms with Crippen LogP contribution in [0.4, 0.5) is 10.8 Å². The lowest BCUT2D eigenvalue weighted by atomic mass is 10.2. The molecular formula is C19H21N3S. The molecule has 1 atom stereocenters. The van der Waals surface area contributed by atoms with E-state index < -0.39 is 0 Å². The standard InChI is InChI=1S/C19H21N3S/c1-15(20-2)18-14-23-19(21-18)22(17-11-7-4-8-12-17)13-16-9-5-3-6-10-16/h3-12,14-15,20H,13H2,1-2H3. The fourth-order valence-corrected chi connectivity index (χ4v) is 3.33. The number of rotatable bonds is 6. The van der Waals surface area contributed by atoms with Crippen LogP contribution in [0.1, 0.15) is 24.2 Å². The van der Waals surface area contributed by atoms with Gasteiger partial charge in [-0.2, -0.15) is 0 Å². The minimum atomic E-state index is 0.259. The highest BCUT2D eigenvalue weighted by Crippen LogP contribution is 2.31. The van der Waals surface area contributed by atoms with Crippen LogP contribution in [0.2, 0.25) is 0 Å². The van der Waals surface area contributed by atoms with E-state index in [0.717, 1.165) is 23.1 Å². The maximum Gasteiger partial charge on any atom is 0.190 e. The van der Waals surface area contributed by atoms with Gasteiger partial charge in [0.2, 0.25) is 0 Å². The number of aromatic nitrogens is 1. The van der Waals surface area contributed by atoms with Gasteiger partial charge in [0.1, 0.15) is 0 Å². The molecule has 118 valence electrons. The molecule has 0 saturated heterocycles. The van der Waals surface area contributed by atoms with Crippen LogP contribution in [-0.4, -0.2) is 12.0 Å². The third-order valence-corrected chi connectivity index (χ3v) is 4.75. The Morgan fingerprint density at radius 3 is 2.35 bits per heavy atom. The highest BCUT2D eigenvalue weighted by Gasteiger charge is 2.15. The van der Waals surface area contributed by atoms with E-state index in [0.29, 0.717) is 0 Å². The molecule has 3 nitrogen and oxygen atoms in total. The van der Waals surface area contributed by atoms with Crippen molar-refractivity contribution >= 4 is 22.2 Å². The Labute approximate surface area is 141 Å². The molecule has 2 aromatic carbocycles. The topological polar surface area (TPSA) is 28.2 Å². The van der Waals surface area contributed by atoms with Crippen molar-refractivity contribution in [1.29, 1.82) is 0 Å². The Hall–Kier alpha value is -2.17. The maximum atomic E-state index is 4.84. The largest absolute Gasteiger partial charge is 0.313 e. The quantitative estimate of drug-likeness (QED) is 0.709. The Balaban J connectivity index is 1.93. The molecule has 0 aliphatic carbocycles. The molecule has 1 N–H and O–H groups in total. The number of benzene rings is 2. The first-order valence-electron chi connectivity index (χ1n) is 7.77. The molecule has 0 saturated carbocycles. The van der Waals surface area contributed by atoms with Gasteiger partial charge in [-0.3, -0.25) is 0 Å². The fraction of sp³-hybridized carbons (Fsp3) is 0.211. The van der Waals surface area contributed by atoms with Crippen molar-refractivity contribution in [2.24, 2.45) is 0 Å². The van der Waals surface area contributed by atoms with Gasteiger partial charge >= 0.3 is 0 Å². The zero-order chi connectivity index (χ0) is 16.1. The second kappa shape index (κ2) is 7.40. The van der Waals surface area contributed by atoms with Gasteiger partial charge in [0.15, 0.2) is 5.13 Å². The summed E-state index contributed by atoms with van der Waals surface area (Å²) in [5, 5.41) is 6.41. The van der Waals surface area contributed by atoms with E-state index in [1.807, 2.05) is 19.2 Å². The van der Waals surface area contributed by atoms with Gasteiger partial charge < -0.3 is 10.2 Å². The van der Waals surface area contributed by atoms with E-state index in [-0.39, 0.29) is 6.04 Å². The molecule has 3 rings (SSSR count). The third kappa shape index (κ3) is 3.78. The van der Waals surface area contributed by atoms with E-state index >= 15 is 0 Å². The number of nitrogens with one attached hydrogen (secondary N) is 1. The number of para-hydroxylation sites is 1. The fourth-order valence-electron chi connectivity index (χ4n) is 2.39. The van der Waals surface area contributed by atoms with E-state index in [1.54, 1.807) is 11.3 Å². The smallest absolute Gasteiger partial charge is 0.190 e. The lowest BCUT2D eigenvalue weighted by Gasteiger charge is -2.22. The summed E-state index contributed by atoms with van der Waals surface area (Å²) in [5.74, 6) is 0. The molecule has 0 bridgehead atoms. The van der Waals surface area contributed by atoms with Gasteiger partial charge in [0.05, 0.1) is 12.2 Å². The van der Waals surface area contributed by atoms with Crippen LogP contribution in [0.15, 0.2) is 66.0 Å². The molecule has 1 aromatic heterocycles. The van der Waals surface area contributed by atoms with Gasteiger partial charge in [0, 0.05) is 17.1 Å². The number of hydrogen-bond acceptors (Lipinski definition) is 4. The average Bonchev–Trinajstić information content (AvgIpc) is 3.10. The summed E-state index contributed by atoms with van der Waals surface area (Å²) in [6, 6.07) is 21.2. The molecule has 0 spiro atoms. The van der Waals surface area contributed by atoms with Crippen LogP contribution in [-0.2, 0) is 6.54 Å². The van der Waals surface area contributed by atoms with Crippen molar-refractivity contribution in [3.05, 3.63) is 77.3 Å². The first kappa shape index (κ1) is 15.7. The van der Waals surface area contributed by atoms with Crippen LogP contribution in [0, 0.1) is 0 Å². The summed E-state index contributed by atoms with van der Waals surface area (Å²) in [4.78, 5) is 7.11. The summed E-state index contributed by atoms with van der Waals surface area (Å²) in [5.41, 5.74) is 3.52. The normalized spacial score (nSPS) is 12.1. The zero-order valence-corrected chi connectivity index (χ0v) is 14.3. The van der Waals surface area contributed by atoms with Crippen molar-refractivity contribution in [3.63, 3.8) is 0 Å². The van der Waals surface area contributed by atoms with Crippen LogP contribution in [0.25, 0.3) is 0 Å². The van der Waals surface area contributed by atoms with Crippen LogP contribution >= 0.6 is 11.3 Å². The Morgan fingerprint density at radius 2 is 1.70 bits per heavy atom. The van der Waals surface area contributed by atoms with Crippen molar-refractivity contribution in [2.75, 3.05) is 11.9 Å². The number of nitrogens with zero attached hydrogens (tertiary/aromatic N) is 2. The highest BCUT2D eigenvalue weighted by atomic mass is 32.1. The van der Waals surface area contributed by atoms with Gasteiger partial charge in [-0.15, -0.1) is 11.3 Å². The first-order chi connectivity index (χ1) is 11.3. The molecule has 3 aromatic rings. The zero-order valence-electron chi connectivity index (χ0n) is 13.4. The Bertz CT molecular complexity index is 725. The molecule has 0 amide bonds. The van der Waals surface area contributed by atoms with E-state index in [9.17, 15) is 0 Å². The molecule has 23 heavy (non-hydrogen) atoms.